The predicted molar refractivity (Wildman–Crippen MR) is 144 cm³/mol. The molecule has 36 heavy (non-hydrogen) atoms. The van der Waals surface area contributed by atoms with Crippen molar-refractivity contribution in [3.05, 3.63) is 89.5 Å². The van der Waals surface area contributed by atoms with Crippen LogP contribution >= 0.6 is 0 Å². The van der Waals surface area contributed by atoms with Gasteiger partial charge in [0.15, 0.2) is 0 Å². The molecule has 188 valence electrons. The highest BCUT2D eigenvalue weighted by Crippen LogP contribution is 2.32. The molecule has 3 aromatic carbocycles. The van der Waals surface area contributed by atoms with Gasteiger partial charge in [-0.1, -0.05) is 36.8 Å². The third-order valence-corrected chi connectivity index (χ3v) is 6.99. The van der Waals surface area contributed by atoms with Crippen LogP contribution in [0.3, 0.4) is 0 Å². The van der Waals surface area contributed by atoms with Crippen molar-refractivity contribution in [3.8, 4) is 5.75 Å². The third-order valence-electron chi connectivity index (χ3n) is 6.99. The number of anilines is 2. The first-order valence-electron chi connectivity index (χ1n) is 12.5. The summed E-state index contributed by atoms with van der Waals surface area (Å²) in [6.45, 7) is 2.44. The second kappa shape index (κ2) is 11.3. The Hall–Kier alpha value is -3.80. The topological polar surface area (TPSA) is 61.9 Å². The Labute approximate surface area is 213 Å². The molecule has 1 unspecified atom stereocenters. The zero-order chi connectivity index (χ0) is 25.7. The summed E-state index contributed by atoms with van der Waals surface area (Å²) in [7, 11) is 5.59. The summed E-state index contributed by atoms with van der Waals surface area (Å²) in [5.74, 6) is 0.823. The van der Waals surface area contributed by atoms with Crippen LogP contribution in [0.4, 0.5) is 11.4 Å². The molecule has 0 aromatic heterocycles. The maximum Gasteiger partial charge on any atom is 0.254 e. The van der Waals surface area contributed by atoms with E-state index in [0.29, 0.717) is 17.9 Å². The van der Waals surface area contributed by atoms with Gasteiger partial charge in [0, 0.05) is 43.5 Å². The number of hydrogen-bond donors (Lipinski definition) is 1. The largest absolute Gasteiger partial charge is 0.497 e. The summed E-state index contributed by atoms with van der Waals surface area (Å²) in [6.07, 6.45) is 3.02. The number of hydrogen-bond acceptors (Lipinski definition) is 4. The van der Waals surface area contributed by atoms with Crippen LogP contribution in [-0.2, 0) is 11.3 Å². The van der Waals surface area contributed by atoms with Crippen molar-refractivity contribution in [2.24, 2.45) is 5.92 Å². The highest BCUT2D eigenvalue weighted by molar-refractivity contribution is 5.95. The Kier molecular flexibility index (Phi) is 7.93. The summed E-state index contributed by atoms with van der Waals surface area (Å²) in [5.41, 5.74) is 4.39. The molecule has 6 heteroatoms. The van der Waals surface area contributed by atoms with Gasteiger partial charge in [-0.2, -0.15) is 0 Å². The number of nitrogens with zero attached hydrogens (tertiary/aromatic N) is 2. The van der Waals surface area contributed by atoms with Crippen molar-refractivity contribution in [1.82, 2.24) is 4.90 Å². The SMILES string of the molecule is COc1ccc(C(=O)N(Cc2cc(NC(=O)C3CCC3)ccc2N(C)C)C(C)c2ccccc2)cc1. The number of benzene rings is 3. The molecule has 0 spiro atoms. The minimum Gasteiger partial charge on any atom is -0.497 e. The van der Waals surface area contributed by atoms with Crippen molar-refractivity contribution in [1.29, 1.82) is 0 Å². The van der Waals surface area contributed by atoms with E-state index in [1.54, 1.807) is 31.4 Å². The summed E-state index contributed by atoms with van der Waals surface area (Å²) >= 11 is 0. The van der Waals surface area contributed by atoms with Crippen LogP contribution in [0, 0.1) is 5.92 Å². The fraction of sp³-hybridized carbons (Fsp3) is 0.333. The van der Waals surface area contributed by atoms with Crippen molar-refractivity contribution in [2.75, 3.05) is 31.4 Å². The van der Waals surface area contributed by atoms with E-state index in [-0.39, 0.29) is 23.8 Å². The molecule has 1 atom stereocenters. The molecule has 0 bridgehead atoms. The minimum atomic E-state index is -0.163. The lowest BCUT2D eigenvalue weighted by Crippen LogP contribution is -2.34. The molecule has 6 nitrogen and oxygen atoms in total. The molecular weight excluding hydrogens is 450 g/mol. The summed E-state index contributed by atoms with van der Waals surface area (Å²) < 4.78 is 5.27. The lowest BCUT2D eigenvalue weighted by molar-refractivity contribution is -0.122. The molecule has 2 amide bonds. The zero-order valence-electron chi connectivity index (χ0n) is 21.5. The number of carbonyl (C=O) groups excluding carboxylic acids is 2. The fourth-order valence-electron chi connectivity index (χ4n) is 4.52. The van der Waals surface area contributed by atoms with Crippen molar-refractivity contribution in [3.63, 3.8) is 0 Å². The monoisotopic (exact) mass is 485 g/mol. The Morgan fingerprint density at radius 1 is 1.00 bits per heavy atom. The van der Waals surface area contributed by atoms with E-state index in [2.05, 4.69) is 5.32 Å². The average molecular weight is 486 g/mol. The van der Waals surface area contributed by atoms with Gasteiger partial charge in [0.1, 0.15) is 5.75 Å². The smallest absolute Gasteiger partial charge is 0.254 e. The Bertz CT molecular complexity index is 1190. The van der Waals surface area contributed by atoms with E-state index in [1.165, 1.54) is 0 Å². The van der Waals surface area contributed by atoms with Gasteiger partial charge in [0.25, 0.3) is 5.91 Å². The summed E-state index contributed by atoms with van der Waals surface area (Å²) in [5, 5.41) is 3.08. The normalized spacial score (nSPS) is 13.9. The van der Waals surface area contributed by atoms with Crippen LogP contribution in [0.1, 0.15) is 53.7 Å². The van der Waals surface area contributed by atoms with Crippen LogP contribution in [-0.4, -0.2) is 37.9 Å². The van der Waals surface area contributed by atoms with E-state index in [1.807, 2.05) is 79.3 Å². The molecule has 0 aliphatic heterocycles. The Morgan fingerprint density at radius 2 is 1.69 bits per heavy atom. The molecule has 1 N–H and O–H groups in total. The lowest BCUT2D eigenvalue weighted by Gasteiger charge is -2.32. The van der Waals surface area contributed by atoms with E-state index in [0.717, 1.165) is 41.8 Å². The maximum absolute atomic E-state index is 13.8. The molecule has 1 saturated carbocycles. The molecule has 0 radical (unpaired) electrons. The first-order chi connectivity index (χ1) is 17.4. The maximum atomic E-state index is 13.8. The van der Waals surface area contributed by atoms with E-state index >= 15 is 0 Å². The van der Waals surface area contributed by atoms with Gasteiger partial charge >= 0.3 is 0 Å². The Morgan fingerprint density at radius 3 is 2.28 bits per heavy atom. The fourth-order valence-corrected chi connectivity index (χ4v) is 4.52. The second-order valence-corrected chi connectivity index (χ2v) is 9.60. The summed E-state index contributed by atoms with van der Waals surface area (Å²) in [6, 6.07) is 23.0. The number of methoxy groups -OCH3 is 1. The lowest BCUT2D eigenvalue weighted by atomic mass is 9.85. The zero-order valence-corrected chi connectivity index (χ0v) is 21.5. The number of amides is 2. The van der Waals surface area contributed by atoms with Crippen molar-refractivity contribution < 1.29 is 14.3 Å². The van der Waals surface area contributed by atoms with Crippen LogP contribution in [0.25, 0.3) is 0 Å². The van der Waals surface area contributed by atoms with Gasteiger partial charge in [0.2, 0.25) is 5.91 Å². The minimum absolute atomic E-state index is 0.0670. The van der Waals surface area contributed by atoms with Crippen LogP contribution in [0.2, 0.25) is 0 Å². The number of nitrogens with one attached hydrogen (secondary N) is 1. The third kappa shape index (κ3) is 5.70. The van der Waals surface area contributed by atoms with Crippen LogP contribution < -0.4 is 15.0 Å². The van der Waals surface area contributed by atoms with Gasteiger partial charge in [-0.15, -0.1) is 0 Å². The molecule has 0 heterocycles. The van der Waals surface area contributed by atoms with Gasteiger partial charge in [-0.05, 0) is 73.4 Å². The van der Waals surface area contributed by atoms with Crippen LogP contribution in [0.5, 0.6) is 5.75 Å². The quantitative estimate of drug-likeness (QED) is 0.410. The first kappa shape index (κ1) is 25.3. The highest BCUT2D eigenvalue weighted by atomic mass is 16.5. The van der Waals surface area contributed by atoms with Gasteiger partial charge in [0.05, 0.1) is 13.2 Å². The average Bonchev–Trinajstić information content (AvgIpc) is 2.86. The van der Waals surface area contributed by atoms with E-state index in [9.17, 15) is 9.59 Å². The van der Waals surface area contributed by atoms with Crippen molar-refractivity contribution in [2.45, 2.75) is 38.8 Å². The number of rotatable bonds is 9. The molecule has 1 aliphatic carbocycles. The molecule has 0 saturated heterocycles. The standard InChI is InChI=1S/C30H35N3O3/c1-21(22-9-6-5-7-10-22)33(30(35)24-13-16-27(36-4)17-14-24)20-25-19-26(15-18-28(25)32(2)3)31-29(34)23-11-8-12-23/h5-7,9-10,13-19,21,23H,8,11-12,20H2,1-4H3,(H,31,34). The van der Waals surface area contributed by atoms with Crippen molar-refractivity contribution >= 4 is 23.2 Å². The number of ether oxygens (including phenoxy) is 1. The molecule has 1 fully saturated rings. The molecule has 1 aliphatic rings. The van der Waals surface area contributed by atoms with Crippen LogP contribution in [0.15, 0.2) is 72.8 Å². The van der Waals surface area contributed by atoms with Gasteiger partial charge in [-0.25, -0.2) is 0 Å². The second-order valence-electron chi connectivity index (χ2n) is 9.60. The Balaban J connectivity index is 1.68. The number of carbonyl (C=O) groups is 2. The highest BCUT2D eigenvalue weighted by Gasteiger charge is 2.27. The van der Waals surface area contributed by atoms with Gasteiger partial charge in [-0.3, -0.25) is 9.59 Å². The van der Waals surface area contributed by atoms with E-state index in [4.69, 9.17) is 4.74 Å². The molecule has 3 aromatic rings. The van der Waals surface area contributed by atoms with E-state index < -0.39 is 0 Å². The summed E-state index contributed by atoms with van der Waals surface area (Å²) in [4.78, 5) is 30.4. The molecule has 4 rings (SSSR count). The molecular formula is C30H35N3O3. The predicted octanol–water partition coefficient (Wildman–Crippen LogP) is 5.90. The first-order valence-corrected chi connectivity index (χ1v) is 12.5. The van der Waals surface area contributed by atoms with Gasteiger partial charge < -0.3 is 19.9 Å².